The fourth-order valence-corrected chi connectivity index (χ4v) is 2.10. The molecule has 2 aromatic carbocycles. The highest BCUT2D eigenvalue weighted by atomic mass is 79.9. The van der Waals surface area contributed by atoms with Crippen molar-refractivity contribution < 1.29 is 9.18 Å². The zero-order chi connectivity index (χ0) is 14.7. The molecule has 20 heavy (non-hydrogen) atoms. The summed E-state index contributed by atoms with van der Waals surface area (Å²) in [6.45, 7) is 1.86. The number of carbonyl (C=O) groups excluding carboxylic acids is 1. The van der Waals surface area contributed by atoms with E-state index >= 15 is 0 Å². The fraction of sp³-hybridized carbons (Fsp3) is 0.133. The second kappa shape index (κ2) is 6.05. The minimum atomic E-state index is -0.486. The molecule has 2 aromatic rings. The Morgan fingerprint density at radius 3 is 2.55 bits per heavy atom. The van der Waals surface area contributed by atoms with E-state index in [-0.39, 0.29) is 17.3 Å². The van der Waals surface area contributed by atoms with Crippen molar-refractivity contribution in [2.75, 3.05) is 5.73 Å². The maximum atomic E-state index is 13.2. The molecule has 0 heterocycles. The van der Waals surface area contributed by atoms with Crippen LogP contribution in [0.2, 0.25) is 0 Å². The Kier molecular flexibility index (Phi) is 4.39. The number of benzene rings is 2. The predicted molar refractivity (Wildman–Crippen MR) is 80.8 cm³/mol. The van der Waals surface area contributed by atoms with Crippen molar-refractivity contribution >= 4 is 27.5 Å². The van der Waals surface area contributed by atoms with Gasteiger partial charge in [0.1, 0.15) is 5.82 Å². The van der Waals surface area contributed by atoms with E-state index in [2.05, 4.69) is 21.2 Å². The van der Waals surface area contributed by atoms with Crippen molar-refractivity contribution in [3.05, 3.63) is 63.9 Å². The zero-order valence-electron chi connectivity index (χ0n) is 10.9. The van der Waals surface area contributed by atoms with Crippen LogP contribution in [-0.2, 0) is 0 Å². The van der Waals surface area contributed by atoms with Crippen molar-refractivity contribution in [2.45, 2.75) is 13.0 Å². The molecule has 0 bridgehead atoms. The Labute approximate surface area is 125 Å². The third-order valence-corrected chi connectivity index (χ3v) is 3.51. The molecule has 1 atom stereocenters. The molecule has 2 rings (SSSR count). The molecule has 0 aliphatic heterocycles. The van der Waals surface area contributed by atoms with E-state index in [0.717, 1.165) is 16.1 Å². The van der Waals surface area contributed by atoms with E-state index in [0.29, 0.717) is 0 Å². The van der Waals surface area contributed by atoms with Crippen molar-refractivity contribution in [1.82, 2.24) is 5.32 Å². The number of nitrogen functional groups attached to an aromatic ring is 1. The summed E-state index contributed by atoms with van der Waals surface area (Å²) in [4.78, 5) is 12.1. The average molecular weight is 337 g/mol. The van der Waals surface area contributed by atoms with E-state index < -0.39 is 11.7 Å². The van der Waals surface area contributed by atoms with Gasteiger partial charge in [0, 0.05) is 10.2 Å². The molecule has 0 spiro atoms. The maximum Gasteiger partial charge on any atom is 0.253 e. The van der Waals surface area contributed by atoms with E-state index in [9.17, 15) is 9.18 Å². The molecule has 0 saturated carbocycles. The first-order valence-electron chi connectivity index (χ1n) is 6.08. The molecule has 1 amide bonds. The zero-order valence-corrected chi connectivity index (χ0v) is 12.4. The second-order valence-corrected chi connectivity index (χ2v) is 5.39. The van der Waals surface area contributed by atoms with Crippen LogP contribution in [0.4, 0.5) is 10.1 Å². The van der Waals surface area contributed by atoms with Crippen LogP contribution < -0.4 is 11.1 Å². The van der Waals surface area contributed by atoms with Crippen LogP contribution in [0.3, 0.4) is 0 Å². The fourth-order valence-electron chi connectivity index (χ4n) is 1.83. The van der Waals surface area contributed by atoms with Gasteiger partial charge in [0.25, 0.3) is 5.91 Å². The monoisotopic (exact) mass is 336 g/mol. The lowest BCUT2D eigenvalue weighted by Crippen LogP contribution is -2.27. The first-order chi connectivity index (χ1) is 9.47. The number of rotatable bonds is 3. The summed E-state index contributed by atoms with van der Waals surface area (Å²) in [6.07, 6.45) is 0. The maximum absolute atomic E-state index is 13.2. The Morgan fingerprint density at radius 2 is 1.90 bits per heavy atom. The van der Waals surface area contributed by atoms with Crippen LogP contribution >= 0.6 is 15.9 Å². The molecule has 3 N–H and O–H groups in total. The minimum absolute atomic E-state index is 0.147. The average Bonchev–Trinajstić information content (AvgIpc) is 2.42. The predicted octanol–water partition coefficient (Wildman–Crippen LogP) is 3.66. The highest BCUT2D eigenvalue weighted by molar-refractivity contribution is 9.10. The number of hydrogen-bond donors (Lipinski definition) is 2. The topological polar surface area (TPSA) is 55.1 Å². The quantitative estimate of drug-likeness (QED) is 0.840. The lowest BCUT2D eigenvalue weighted by Gasteiger charge is -2.15. The van der Waals surface area contributed by atoms with Gasteiger partial charge in [-0.1, -0.05) is 28.1 Å². The molecule has 0 radical (unpaired) electrons. The van der Waals surface area contributed by atoms with Crippen molar-refractivity contribution in [3.63, 3.8) is 0 Å². The van der Waals surface area contributed by atoms with Gasteiger partial charge in [-0.05, 0) is 42.8 Å². The summed E-state index contributed by atoms with van der Waals surface area (Å²) in [5.41, 5.74) is 7.05. The minimum Gasteiger partial charge on any atom is -0.398 e. The number of nitrogens with one attached hydrogen (secondary N) is 1. The van der Waals surface area contributed by atoms with Crippen LogP contribution in [0.25, 0.3) is 0 Å². The van der Waals surface area contributed by atoms with Gasteiger partial charge in [-0.2, -0.15) is 0 Å². The van der Waals surface area contributed by atoms with Gasteiger partial charge < -0.3 is 11.1 Å². The first kappa shape index (κ1) is 14.5. The Hall–Kier alpha value is -1.88. The smallest absolute Gasteiger partial charge is 0.253 e. The van der Waals surface area contributed by atoms with Gasteiger partial charge in [0.05, 0.1) is 11.6 Å². The first-order valence-corrected chi connectivity index (χ1v) is 6.88. The molecule has 0 unspecified atom stereocenters. The number of nitrogens with two attached hydrogens (primary N) is 1. The van der Waals surface area contributed by atoms with Gasteiger partial charge in [0.15, 0.2) is 0 Å². The molecule has 0 saturated heterocycles. The van der Waals surface area contributed by atoms with Crippen molar-refractivity contribution in [1.29, 1.82) is 0 Å². The van der Waals surface area contributed by atoms with Crippen LogP contribution in [0.15, 0.2) is 46.9 Å². The standard InChI is InChI=1S/C15H14BrFN2O/c1-9(10-2-4-11(16)5-3-10)19-15(20)13-8-12(17)6-7-14(13)18/h2-9H,18H2,1H3,(H,19,20)/t9-/m1/s1. The summed E-state index contributed by atoms with van der Waals surface area (Å²) >= 11 is 3.35. The van der Waals surface area contributed by atoms with Gasteiger partial charge in [-0.15, -0.1) is 0 Å². The molecular weight excluding hydrogens is 323 g/mol. The molecule has 3 nitrogen and oxygen atoms in total. The molecule has 5 heteroatoms. The van der Waals surface area contributed by atoms with Gasteiger partial charge in [-0.3, -0.25) is 4.79 Å². The number of anilines is 1. The normalized spacial score (nSPS) is 11.9. The summed E-state index contributed by atoms with van der Waals surface area (Å²) in [5.74, 6) is -0.877. The van der Waals surface area contributed by atoms with Crippen molar-refractivity contribution in [3.8, 4) is 0 Å². The molecular formula is C15H14BrFN2O. The van der Waals surface area contributed by atoms with E-state index in [1.807, 2.05) is 31.2 Å². The third kappa shape index (κ3) is 3.36. The lowest BCUT2D eigenvalue weighted by molar-refractivity contribution is 0.0940. The number of carbonyl (C=O) groups is 1. The Balaban J connectivity index is 2.15. The summed E-state index contributed by atoms with van der Waals surface area (Å²) in [5, 5.41) is 2.80. The van der Waals surface area contributed by atoms with Crippen LogP contribution in [0.1, 0.15) is 28.9 Å². The highest BCUT2D eigenvalue weighted by Crippen LogP contribution is 2.18. The van der Waals surface area contributed by atoms with E-state index in [1.54, 1.807) is 0 Å². The summed E-state index contributed by atoms with van der Waals surface area (Å²) in [7, 11) is 0. The summed E-state index contributed by atoms with van der Waals surface area (Å²) in [6, 6.07) is 11.2. The SMILES string of the molecule is C[C@@H](NC(=O)c1cc(F)ccc1N)c1ccc(Br)cc1. The Morgan fingerprint density at radius 1 is 1.25 bits per heavy atom. The second-order valence-electron chi connectivity index (χ2n) is 4.48. The molecule has 0 aromatic heterocycles. The number of amides is 1. The molecule has 104 valence electrons. The lowest BCUT2D eigenvalue weighted by atomic mass is 10.1. The Bertz CT molecular complexity index is 628. The van der Waals surface area contributed by atoms with Crippen molar-refractivity contribution in [2.24, 2.45) is 0 Å². The molecule has 0 fully saturated rings. The van der Waals surface area contributed by atoms with Crippen LogP contribution in [0.5, 0.6) is 0 Å². The van der Waals surface area contributed by atoms with E-state index in [1.165, 1.54) is 12.1 Å². The number of halogens is 2. The van der Waals surface area contributed by atoms with E-state index in [4.69, 9.17) is 5.73 Å². The molecule has 0 aliphatic carbocycles. The largest absolute Gasteiger partial charge is 0.398 e. The molecule has 0 aliphatic rings. The van der Waals surface area contributed by atoms with Crippen LogP contribution in [-0.4, -0.2) is 5.91 Å². The highest BCUT2D eigenvalue weighted by Gasteiger charge is 2.14. The van der Waals surface area contributed by atoms with Crippen LogP contribution in [0, 0.1) is 5.82 Å². The summed E-state index contributed by atoms with van der Waals surface area (Å²) < 4.78 is 14.1. The van der Waals surface area contributed by atoms with Gasteiger partial charge >= 0.3 is 0 Å². The van der Waals surface area contributed by atoms with Gasteiger partial charge in [-0.25, -0.2) is 4.39 Å². The number of hydrogen-bond acceptors (Lipinski definition) is 2. The van der Waals surface area contributed by atoms with Gasteiger partial charge in [0.2, 0.25) is 0 Å². The third-order valence-electron chi connectivity index (χ3n) is 2.98.